The Labute approximate surface area is 82.5 Å². The van der Waals surface area contributed by atoms with Crippen molar-refractivity contribution in [3.63, 3.8) is 0 Å². The number of nitrogens with one attached hydrogen (secondary N) is 1. The van der Waals surface area contributed by atoms with E-state index in [1.54, 1.807) is 0 Å². The number of aliphatic hydroxyl groups excluding tert-OH is 3. The van der Waals surface area contributed by atoms with Crippen molar-refractivity contribution in [2.75, 3.05) is 26.4 Å². The molecule has 0 aliphatic carbocycles. The summed E-state index contributed by atoms with van der Waals surface area (Å²) in [5, 5.41) is 28.8. The summed E-state index contributed by atoms with van der Waals surface area (Å²) in [5.74, 6) is -0.310. The first kappa shape index (κ1) is 13.3. The van der Waals surface area contributed by atoms with Crippen LogP contribution in [0.1, 0.15) is 6.92 Å². The summed E-state index contributed by atoms with van der Waals surface area (Å²) in [5.41, 5.74) is 0. The fraction of sp³-hybridized carbons (Fsp3) is 0.875. The molecule has 0 saturated carbocycles. The molecule has 0 radical (unpaired) electrons. The van der Waals surface area contributed by atoms with Gasteiger partial charge in [0.15, 0.2) is 0 Å². The predicted octanol–water partition coefficient (Wildman–Crippen LogP) is -2.15. The molecule has 2 unspecified atom stereocenters. The molecule has 0 aliphatic rings. The first-order valence-electron chi connectivity index (χ1n) is 4.36. The maximum absolute atomic E-state index is 10.7. The lowest BCUT2D eigenvalue weighted by Gasteiger charge is -2.21. The number of hydrogen-bond donors (Lipinski definition) is 4. The highest BCUT2D eigenvalue weighted by Gasteiger charge is 2.19. The number of rotatable bonds is 7. The van der Waals surface area contributed by atoms with Gasteiger partial charge in [-0.15, -0.1) is 0 Å². The average molecular weight is 207 g/mol. The van der Waals surface area contributed by atoms with Gasteiger partial charge in [0.2, 0.25) is 5.91 Å². The molecular weight excluding hydrogens is 190 g/mol. The zero-order valence-electron chi connectivity index (χ0n) is 8.14. The quantitative estimate of drug-likeness (QED) is 0.357. The van der Waals surface area contributed by atoms with Gasteiger partial charge in [0, 0.05) is 6.92 Å². The van der Waals surface area contributed by atoms with Gasteiger partial charge in [-0.05, 0) is 0 Å². The first-order chi connectivity index (χ1) is 6.61. The Morgan fingerprint density at radius 1 is 1.50 bits per heavy atom. The minimum atomic E-state index is -1.06. The molecule has 0 aliphatic heterocycles. The van der Waals surface area contributed by atoms with Crippen molar-refractivity contribution in [2.24, 2.45) is 0 Å². The Bertz CT molecular complexity index is 164. The Balaban J connectivity index is 3.90. The van der Waals surface area contributed by atoms with Crippen LogP contribution in [0.4, 0.5) is 0 Å². The second-order valence-corrected chi connectivity index (χ2v) is 2.86. The normalized spacial score (nSPS) is 14.9. The van der Waals surface area contributed by atoms with Gasteiger partial charge >= 0.3 is 0 Å². The molecule has 2 atom stereocenters. The molecule has 84 valence electrons. The van der Waals surface area contributed by atoms with E-state index in [1.807, 2.05) is 0 Å². The van der Waals surface area contributed by atoms with E-state index in [1.165, 1.54) is 6.92 Å². The molecule has 6 nitrogen and oxygen atoms in total. The molecular formula is C8H17NO5. The fourth-order valence-electron chi connectivity index (χ4n) is 0.912. The smallest absolute Gasteiger partial charge is 0.217 e. The van der Waals surface area contributed by atoms with E-state index in [0.717, 1.165) is 0 Å². The van der Waals surface area contributed by atoms with E-state index in [4.69, 9.17) is 14.9 Å². The lowest BCUT2D eigenvalue weighted by molar-refractivity contribution is -0.121. The molecule has 0 rings (SSSR count). The standard InChI is InChI=1S/C8H17NO5/c1-6(12)9-7(8(13)4-11)5-14-3-2-10/h7-8,10-11,13H,2-5H2,1H3,(H,9,12). The second-order valence-electron chi connectivity index (χ2n) is 2.86. The first-order valence-corrected chi connectivity index (χ1v) is 4.36. The predicted molar refractivity (Wildman–Crippen MR) is 48.6 cm³/mol. The zero-order valence-corrected chi connectivity index (χ0v) is 8.14. The maximum Gasteiger partial charge on any atom is 0.217 e. The van der Waals surface area contributed by atoms with Gasteiger partial charge in [0.05, 0.1) is 38.6 Å². The van der Waals surface area contributed by atoms with E-state index < -0.39 is 18.8 Å². The van der Waals surface area contributed by atoms with Gasteiger partial charge in [-0.25, -0.2) is 0 Å². The van der Waals surface area contributed by atoms with Gasteiger partial charge in [-0.3, -0.25) is 4.79 Å². The summed E-state index contributed by atoms with van der Waals surface area (Å²) >= 11 is 0. The summed E-state index contributed by atoms with van der Waals surface area (Å²) < 4.78 is 4.93. The van der Waals surface area contributed by atoms with Crippen LogP contribution >= 0.6 is 0 Å². The largest absolute Gasteiger partial charge is 0.394 e. The van der Waals surface area contributed by atoms with Crippen LogP contribution in [0, 0.1) is 0 Å². The van der Waals surface area contributed by atoms with Crippen molar-refractivity contribution in [3.8, 4) is 0 Å². The molecule has 0 saturated heterocycles. The molecule has 1 amide bonds. The molecule has 14 heavy (non-hydrogen) atoms. The molecule has 0 bridgehead atoms. The topological polar surface area (TPSA) is 99.0 Å². The average Bonchev–Trinajstić information content (AvgIpc) is 2.15. The molecule has 4 N–H and O–H groups in total. The van der Waals surface area contributed by atoms with Crippen molar-refractivity contribution in [2.45, 2.75) is 19.1 Å². The number of carbonyl (C=O) groups excluding carboxylic acids is 1. The number of carbonyl (C=O) groups is 1. The molecule has 6 heteroatoms. The minimum Gasteiger partial charge on any atom is -0.394 e. The SMILES string of the molecule is CC(=O)NC(COCCO)C(O)CO. The summed E-state index contributed by atoms with van der Waals surface area (Å²) in [6, 6.07) is -0.649. The lowest BCUT2D eigenvalue weighted by atomic mass is 10.2. The monoisotopic (exact) mass is 207 g/mol. The number of amides is 1. The van der Waals surface area contributed by atoms with Crippen molar-refractivity contribution in [1.82, 2.24) is 5.32 Å². The van der Waals surface area contributed by atoms with Gasteiger partial charge in [0.1, 0.15) is 0 Å². The molecule has 0 aromatic heterocycles. The second kappa shape index (κ2) is 7.69. The van der Waals surface area contributed by atoms with Crippen LogP contribution in [0.2, 0.25) is 0 Å². The number of hydrogen-bond acceptors (Lipinski definition) is 5. The van der Waals surface area contributed by atoms with E-state index in [-0.39, 0.29) is 25.7 Å². The summed E-state index contributed by atoms with van der Waals surface area (Å²) in [7, 11) is 0. The number of aliphatic hydroxyl groups is 3. The van der Waals surface area contributed by atoms with Gasteiger partial charge in [-0.2, -0.15) is 0 Å². The molecule has 0 spiro atoms. The number of ether oxygens (including phenoxy) is 1. The van der Waals surface area contributed by atoms with Gasteiger partial charge in [0.25, 0.3) is 0 Å². The van der Waals surface area contributed by atoms with Crippen molar-refractivity contribution in [3.05, 3.63) is 0 Å². The molecule has 0 aromatic carbocycles. The Hall–Kier alpha value is -0.690. The van der Waals surface area contributed by atoms with Crippen molar-refractivity contribution >= 4 is 5.91 Å². The summed E-state index contributed by atoms with van der Waals surface area (Å²) in [4.78, 5) is 10.7. The van der Waals surface area contributed by atoms with Crippen LogP contribution in [0.25, 0.3) is 0 Å². The maximum atomic E-state index is 10.7. The van der Waals surface area contributed by atoms with Crippen LogP contribution < -0.4 is 5.32 Å². The van der Waals surface area contributed by atoms with Crippen LogP contribution in [0.15, 0.2) is 0 Å². The third kappa shape index (κ3) is 5.87. The van der Waals surface area contributed by atoms with Crippen LogP contribution in [-0.4, -0.2) is 59.8 Å². The van der Waals surface area contributed by atoms with Crippen LogP contribution in [0.3, 0.4) is 0 Å². The van der Waals surface area contributed by atoms with Crippen LogP contribution in [-0.2, 0) is 9.53 Å². The van der Waals surface area contributed by atoms with Crippen molar-refractivity contribution in [1.29, 1.82) is 0 Å². The highest BCUT2D eigenvalue weighted by atomic mass is 16.5. The van der Waals surface area contributed by atoms with Gasteiger partial charge < -0.3 is 25.4 Å². The minimum absolute atomic E-state index is 0.0574. The summed E-state index contributed by atoms with van der Waals surface area (Å²) in [6.45, 7) is 0.925. The fourth-order valence-corrected chi connectivity index (χ4v) is 0.912. The van der Waals surface area contributed by atoms with E-state index in [2.05, 4.69) is 5.32 Å². The summed E-state index contributed by atoms with van der Waals surface area (Å²) in [6.07, 6.45) is -1.06. The zero-order chi connectivity index (χ0) is 11.0. The Morgan fingerprint density at radius 2 is 2.14 bits per heavy atom. The third-order valence-corrected chi connectivity index (χ3v) is 1.57. The van der Waals surface area contributed by atoms with E-state index in [9.17, 15) is 9.90 Å². The molecule has 0 fully saturated rings. The van der Waals surface area contributed by atoms with Crippen LogP contribution in [0.5, 0.6) is 0 Å². The lowest BCUT2D eigenvalue weighted by Crippen LogP contribution is -2.47. The Morgan fingerprint density at radius 3 is 2.57 bits per heavy atom. The van der Waals surface area contributed by atoms with E-state index >= 15 is 0 Å². The highest BCUT2D eigenvalue weighted by Crippen LogP contribution is 1.94. The van der Waals surface area contributed by atoms with Crippen molar-refractivity contribution < 1.29 is 24.9 Å². The molecule has 0 aromatic rings. The highest BCUT2D eigenvalue weighted by molar-refractivity contribution is 5.73. The molecule has 0 heterocycles. The Kier molecular flexibility index (Phi) is 7.31. The van der Waals surface area contributed by atoms with Gasteiger partial charge in [-0.1, -0.05) is 0 Å². The third-order valence-electron chi connectivity index (χ3n) is 1.57. The van der Waals surface area contributed by atoms with E-state index in [0.29, 0.717) is 0 Å².